The van der Waals surface area contributed by atoms with E-state index in [1.54, 1.807) is 0 Å². The maximum Gasteiger partial charge on any atom is 0.260 e. The molecule has 3 aliphatic rings. The first-order valence-electron chi connectivity index (χ1n) is 9.56. The van der Waals surface area contributed by atoms with Crippen LogP contribution in [0.3, 0.4) is 0 Å². The Hall–Kier alpha value is -2.19. The lowest BCUT2D eigenvalue weighted by Crippen LogP contribution is -2.52. The van der Waals surface area contributed by atoms with E-state index in [0.717, 1.165) is 17.6 Å². The first-order chi connectivity index (χ1) is 13.6. The second kappa shape index (κ2) is 6.42. The molecule has 1 aliphatic carbocycles. The molecule has 1 aromatic carbocycles. The molecule has 0 amide bonds. The fourth-order valence-electron chi connectivity index (χ4n) is 5.15. The van der Waals surface area contributed by atoms with Crippen molar-refractivity contribution in [3.05, 3.63) is 58.9 Å². The van der Waals surface area contributed by atoms with Crippen molar-refractivity contribution >= 4 is 0 Å². The quantitative estimate of drug-likeness (QED) is 0.762. The minimum atomic E-state index is -1.01. The third kappa shape index (κ3) is 2.34. The summed E-state index contributed by atoms with van der Waals surface area (Å²) >= 11 is 0. The number of rotatable bonds is 5. The van der Waals surface area contributed by atoms with Crippen molar-refractivity contribution in [2.75, 3.05) is 20.7 Å². The van der Waals surface area contributed by atoms with Gasteiger partial charge in [0.05, 0.1) is 24.3 Å². The van der Waals surface area contributed by atoms with Gasteiger partial charge in [0.25, 0.3) is 5.88 Å². The zero-order valence-corrected chi connectivity index (χ0v) is 15.9. The summed E-state index contributed by atoms with van der Waals surface area (Å²) < 4.78 is 17.9. The van der Waals surface area contributed by atoms with Gasteiger partial charge < -0.3 is 24.2 Å². The summed E-state index contributed by atoms with van der Waals surface area (Å²) in [5.74, 6) is 0.865. The van der Waals surface area contributed by atoms with E-state index in [4.69, 9.17) is 14.0 Å². The Bertz CT molecular complexity index is 909. The maximum atomic E-state index is 11.4. The highest BCUT2D eigenvalue weighted by Crippen LogP contribution is 2.63. The summed E-state index contributed by atoms with van der Waals surface area (Å²) in [5, 5.41) is 25.5. The number of ether oxygens (including phenoxy) is 2. The SMILES string of the molecule is CN(C)[C@@H]1c2onc(OCc3ccccc3)c2C(O)C23OC(C=C2CO)CC13. The third-order valence-electron chi connectivity index (χ3n) is 6.27. The van der Waals surface area contributed by atoms with Crippen molar-refractivity contribution in [2.45, 2.75) is 36.9 Å². The second-order valence-electron chi connectivity index (χ2n) is 7.99. The lowest BCUT2D eigenvalue weighted by atomic mass is 9.64. The monoisotopic (exact) mass is 384 g/mol. The lowest BCUT2D eigenvalue weighted by Gasteiger charge is -2.46. The minimum Gasteiger partial charge on any atom is -0.470 e. The normalized spacial score (nSPS) is 33.0. The zero-order valence-electron chi connectivity index (χ0n) is 15.9. The van der Waals surface area contributed by atoms with Crippen LogP contribution in [-0.4, -0.2) is 52.7 Å². The largest absolute Gasteiger partial charge is 0.470 e. The summed E-state index contributed by atoms with van der Waals surface area (Å²) in [5.41, 5.74) is 1.29. The number of benzene rings is 1. The Morgan fingerprint density at radius 3 is 2.79 bits per heavy atom. The van der Waals surface area contributed by atoms with E-state index in [-0.39, 0.29) is 30.6 Å². The number of aromatic nitrogens is 1. The van der Waals surface area contributed by atoms with Crippen molar-refractivity contribution in [3.8, 4) is 5.88 Å². The molecular formula is C21H24N2O5. The molecule has 4 unspecified atom stereocenters. The lowest BCUT2D eigenvalue weighted by molar-refractivity contribution is -0.116. The molecular weight excluding hydrogens is 360 g/mol. The van der Waals surface area contributed by atoms with Crippen LogP contribution in [0.5, 0.6) is 5.88 Å². The van der Waals surface area contributed by atoms with Gasteiger partial charge in [-0.3, -0.25) is 4.90 Å². The topological polar surface area (TPSA) is 88.2 Å². The van der Waals surface area contributed by atoms with Gasteiger partial charge in [-0.05, 0) is 36.8 Å². The van der Waals surface area contributed by atoms with Gasteiger partial charge in [-0.25, -0.2) is 0 Å². The number of aliphatic hydroxyl groups is 2. The molecule has 3 heterocycles. The molecule has 2 aliphatic heterocycles. The molecule has 7 nitrogen and oxygen atoms in total. The Kier molecular flexibility index (Phi) is 4.10. The first-order valence-corrected chi connectivity index (χ1v) is 9.56. The van der Waals surface area contributed by atoms with Crippen LogP contribution in [0.1, 0.15) is 35.5 Å². The molecule has 7 heteroatoms. The molecule has 1 saturated heterocycles. The minimum absolute atomic E-state index is 0.0305. The van der Waals surface area contributed by atoms with Crippen LogP contribution in [0.25, 0.3) is 0 Å². The Morgan fingerprint density at radius 2 is 2.07 bits per heavy atom. The number of hydrogen-bond donors (Lipinski definition) is 2. The zero-order chi connectivity index (χ0) is 19.5. The molecule has 2 bridgehead atoms. The van der Waals surface area contributed by atoms with Crippen molar-refractivity contribution in [1.82, 2.24) is 10.1 Å². The number of nitrogens with zero attached hydrogens (tertiary/aromatic N) is 2. The second-order valence-corrected chi connectivity index (χ2v) is 7.99. The van der Waals surface area contributed by atoms with Gasteiger partial charge in [-0.2, -0.15) is 0 Å². The van der Waals surface area contributed by atoms with Crippen molar-refractivity contribution in [2.24, 2.45) is 5.92 Å². The average Bonchev–Trinajstić information content (AvgIpc) is 3.38. The fraction of sp³-hybridized carbons (Fsp3) is 0.476. The number of hydrogen-bond acceptors (Lipinski definition) is 7. The van der Waals surface area contributed by atoms with Crippen LogP contribution in [0.2, 0.25) is 0 Å². The van der Waals surface area contributed by atoms with Crippen LogP contribution in [-0.2, 0) is 11.3 Å². The molecule has 28 heavy (non-hydrogen) atoms. The van der Waals surface area contributed by atoms with E-state index >= 15 is 0 Å². The van der Waals surface area contributed by atoms with Crippen LogP contribution in [0.15, 0.2) is 46.5 Å². The summed E-state index contributed by atoms with van der Waals surface area (Å²) in [6, 6.07) is 9.65. The third-order valence-corrected chi connectivity index (χ3v) is 6.27. The standard InChI is InChI=1S/C21H24N2O5/c1-23(2)17-15-9-14-8-13(10-24)21(15,27-14)19(25)16-18(17)28-22-20(16)26-11-12-6-4-3-5-7-12/h3-8,14-15,17,19,24-25H,9-11H2,1-2H3/t14?,15?,17-,19?,21?/m0/s1. The van der Waals surface area contributed by atoms with Gasteiger partial charge in [0, 0.05) is 5.92 Å². The van der Waals surface area contributed by atoms with Gasteiger partial charge >= 0.3 is 0 Å². The Balaban J connectivity index is 1.56. The van der Waals surface area contributed by atoms with Gasteiger partial charge in [-0.1, -0.05) is 36.4 Å². The molecule has 1 fully saturated rings. The molecule has 5 atom stereocenters. The first kappa shape index (κ1) is 17.9. The average molecular weight is 384 g/mol. The predicted octanol–water partition coefficient (Wildman–Crippen LogP) is 1.98. The van der Waals surface area contributed by atoms with Gasteiger partial charge in [0.15, 0.2) is 5.76 Å². The molecule has 2 N–H and O–H groups in total. The van der Waals surface area contributed by atoms with Crippen LogP contribution in [0.4, 0.5) is 0 Å². The highest BCUT2D eigenvalue weighted by atomic mass is 16.6. The Morgan fingerprint density at radius 1 is 1.29 bits per heavy atom. The van der Waals surface area contributed by atoms with E-state index in [1.165, 1.54) is 0 Å². The summed E-state index contributed by atoms with van der Waals surface area (Å²) in [6.45, 7) is 0.173. The fourth-order valence-corrected chi connectivity index (χ4v) is 5.15. The van der Waals surface area contributed by atoms with Gasteiger partial charge in [0.2, 0.25) is 0 Å². The van der Waals surface area contributed by atoms with Crippen LogP contribution in [0, 0.1) is 5.92 Å². The predicted molar refractivity (Wildman–Crippen MR) is 99.5 cm³/mol. The molecule has 148 valence electrons. The number of fused-ring (bicyclic) bond motifs is 2. The van der Waals surface area contributed by atoms with Crippen molar-refractivity contribution < 1.29 is 24.2 Å². The summed E-state index contributed by atoms with van der Waals surface area (Å²) in [4.78, 5) is 2.06. The van der Waals surface area contributed by atoms with E-state index in [2.05, 4.69) is 10.1 Å². The highest BCUT2D eigenvalue weighted by molar-refractivity contribution is 5.47. The summed E-state index contributed by atoms with van der Waals surface area (Å²) in [7, 11) is 3.95. The molecule has 0 saturated carbocycles. The van der Waals surface area contributed by atoms with E-state index in [9.17, 15) is 10.2 Å². The van der Waals surface area contributed by atoms with E-state index < -0.39 is 11.7 Å². The molecule has 2 aromatic rings. The van der Waals surface area contributed by atoms with Crippen LogP contribution < -0.4 is 4.74 Å². The van der Waals surface area contributed by atoms with Crippen molar-refractivity contribution in [1.29, 1.82) is 0 Å². The number of aliphatic hydroxyl groups excluding tert-OH is 2. The molecule has 5 rings (SSSR count). The van der Waals surface area contributed by atoms with Gasteiger partial charge in [0.1, 0.15) is 18.3 Å². The van der Waals surface area contributed by atoms with Crippen LogP contribution >= 0.6 is 0 Å². The van der Waals surface area contributed by atoms with E-state index in [0.29, 0.717) is 17.9 Å². The Labute approximate surface area is 163 Å². The van der Waals surface area contributed by atoms with E-state index in [1.807, 2.05) is 50.5 Å². The van der Waals surface area contributed by atoms with Gasteiger partial charge in [-0.15, -0.1) is 0 Å². The molecule has 1 spiro atoms. The molecule has 0 radical (unpaired) electrons. The van der Waals surface area contributed by atoms with Crippen molar-refractivity contribution in [3.63, 3.8) is 0 Å². The maximum absolute atomic E-state index is 11.4. The highest BCUT2D eigenvalue weighted by Gasteiger charge is 2.66. The summed E-state index contributed by atoms with van der Waals surface area (Å²) in [6.07, 6.45) is 1.60. The smallest absolute Gasteiger partial charge is 0.260 e. The molecule has 1 aromatic heterocycles.